The molecule has 0 N–H and O–H groups in total. The molecule has 0 saturated heterocycles. The zero-order valence-corrected chi connectivity index (χ0v) is 13.3. The number of halogens is 2. The SMILES string of the molecule is COc1ccc(Cl)cc1C(=O)N(C)Cc1ccc(Cl)cc1. The van der Waals surface area contributed by atoms with Gasteiger partial charge in [0.1, 0.15) is 5.75 Å². The van der Waals surface area contributed by atoms with E-state index in [0.29, 0.717) is 27.9 Å². The topological polar surface area (TPSA) is 29.5 Å². The first-order valence-corrected chi connectivity index (χ1v) is 7.10. The summed E-state index contributed by atoms with van der Waals surface area (Å²) < 4.78 is 5.21. The fourth-order valence-corrected chi connectivity index (χ4v) is 2.29. The van der Waals surface area contributed by atoms with Crippen LogP contribution in [0.15, 0.2) is 42.5 Å². The number of carbonyl (C=O) groups is 1. The number of nitrogens with zero attached hydrogens (tertiary/aromatic N) is 1. The smallest absolute Gasteiger partial charge is 0.257 e. The summed E-state index contributed by atoms with van der Waals surface area (Å²) in [6, 6.07) is 12.4. The van der Waals surface area contributed by atoms with Crippen LogP contribution in [0.5, 0.6) is 5.75 Å². The predicted molar refractivity (Wildman–Crippen MR) is 85.3 cm³/mol. The van der Waals surface area contributed by atoms with Crippen LogP contribution in [0, 0.1) is 0 Å². The van der Waals surface area contributed by atoms with E-state index < -0.39 is 0 Å². The Labute approximate surface area is 134 Å². The molecule has 0 bridgehead atoms. The molecule has 0 unspecified atom stereocenters. The van der Waals surface area contributed by atoms with Crippen molar-refractivity contribution < 1.29 is 9.53 Å². The summed E-state index contributed by atoms with van der Waals surface area (Å²) in [6.07, 6.45) is 0. The molecule has 0 radical (unpaired) electrons. The molecule has 0 saturated carbocycles. The fraction of sp³-hybridized carbons (Fsp3) is 0.188. The molecule has 0 atom stereocenters. The Bertz CT molecular complexity index is 641. The molecular formula is C16H15Cl2NO2. The van der Waals surface area contributed by atoms with Crippen LogP contribution in [-0.4, -0.2) is 25.0 Å². The van der Waals surface area contributed by atoms with Crippen LogP contribution < -0.4 is 4.74 Å². The molecule has 21 heavy (non-hydrogen) atoms. The van der Waals surface area contributed by atoms with Crippen LogP contribution in [0.25, 0.3) is 0 Å². The number of rotatable bonds is 4. The van der Waals surface area contributed by atoms with Crippen molar-refractivity contribution in [2.45, 2.75) is 6.54 Å². The van der Waals surface area contributed by atoms with Crippen molar-refractivity contribution in [3.63, 3.8) is 0 Å². The van der Waals surface area contributed by atoms with Crippen LogP contribution in [0.4, 0.5) is 0 Å². The summed E-state index contributed by atoms with van der Waals surface area (Å²) in [4.78, 5) is 14.1. The van der Waals surface area contributed by atoms with Crippen molar-refractivity contribution >= 4 is 29.1 Å². The van der Waals surface area contributed by atoms with E-state index in [1.54, 1.807) is 42.3 Å². The van der Waals surface area contributed by atoms with Crippen molar-refractivity contribution in [2.24, 2.45) is 0 Å². The molecule has 0 aromatic heterocycles. The van der Waals surface area contributed by atoms with Gasteiger partial charge in [0.2, 0.25) is 0 Å². The molecule has 0 heterocycles. The standard InChI is InChI=1S/C16H15Cl2NO2/c1-19(10-11-3-5-12(17)6-4-11)16(20)14-9-13(18)7-8-15(14)21-2/h3-9H,10H2,1-2H3. The van der Waals surface area contributed by atoms with Gasteiger partial charge in [-0.3, -0.25) is 4.79 Å². The monoisotopic (exact) mass is 323 g/mol. The maximum atomic E-state index is 12.5. The number of benzene rings is 2. The molecule has 3 nitrogen and oxygen atoms in total. The first-order valence-electron chi connectivity index (χ1n) is 6.34. The summed E-state index contributed by atoms with van der Waals surface area (Å²) in [6.45, 7) is 0.478. The molecule has 2 aromatic rings. The first kappa shape index (κ1) is 15.7. The van der Waals surface area contributed by atoms with Crippen LogP contribution in [-0.2, 0) is 6.54 Å². The lowest BCUT2D eigenvalue weighted by molar-refractivity contribution is 0.0781. The van der Waals surface area contributed by atoms with Gasteiger partial charge in [-0.1, -0.05) is 35.3 Å². The van der Waals surface area contributed by atoms with Gasteiger partial charge in [0.25, 0.3) is 5.91 Å². The molecule has 1 amide bonds. The third-order valence-corrected chi connectivity index (χ3v) is 3.56. The summed E-state index contributed by atoms with van der Waals surface area (Å²) in [5.74, 6) is 0.358. The highest BCUT2D eigenvalue weighted by Gasteiger charge is 2.17. The number of amides is 1. The van der Waals surface area contributed by atoms with Crippen LogP contribution in [0.1, 0.15) is 15.9 Å². The van der Waals surface area contributed by atoms with E-state index in [9.17, 15) is 4.79 Å². The normalized spacial score (nSPS) is 10.3. The largest absolute Gasteiger partial charge is 0.496 e. The molecule has 2 rings (SSSR count). The zero-order valence-electron chi connectivity index (χ0n) is 11.8. The average molecular weight is 324 g/mol. The second-order valence-electron chi connectivity index (χ2n) is 4.63. The maximum absolute atomic E-state index is 12.5. The zero-order chi connectivity index (χ0) is 15.4. The van der Waals surface area contributed by atoms with Crippen molar-refractivity contribution in [2.75, 3.05) is 14.2 Å². The second kappa shape index (κ2) is 6.83. The minimum Gasteiger partial charge on any atom is -0.496 e. The molecule has 0 spiro atoms. The second-order valence-corrected chi connectivity index (χ2v) is 5.51. The van der Waals surface area contributed by atoms with E-state index >= 15 is 0 Å². The van der Waals surface area contributed by atoms with Crippen LogP contribution >= 0.6 is 23.2 Å². The van der Waals surface area contributed by atoms with Crippen LogP contribution in [0.2, 0.25) is 10.0 Å². The van der Waals surface area contributed by atoms with Gasteiger partial charge in [-0.25, -0.2) is 0 Å². The Hall–Kier alpha value is -1.71. The number of methoxy groups -OCH3 is 1. The number of ether oxygens (including phenoxy) is 1. The van der Waals surface area contributed by atoms with Gasteiger partial charge in [0, 0.05) is 23.6 Å². The Balaban J connectivity index is 2.19. The lowest BCUT2D eigenvalue weighted by atomic mass is 10.1. The lowest BCUT2D eigenvalue weighted by Gasteiger charge is -2.19. The number of hydrogen-bond acceptors (Lipinski definition) is 2. The first-order chi connectivity index (χ1) is 10.0. The van der Waals surface area contributed by atoms with Gasteiger partial charge < -0.3 is 9.64 Å². The molecule has 0 aliphatic carbocycles. The highest BCUT2D eigenvalue weighted by molar-refractivity contribution is 6.31. The van der Waals surface area contributed by atoms with Gasteiger partial charge in [-0.05, 0) is 35.9 Å². The molecule has 0 aliphatic heterocycles. The van der Waals surface area contributed by atoms with E-state index in [2.05, 4.69) is 0 Å². The Morgan fingerprint density at radius 2 is 1.71 bits per heavy atom. The molecule has 2 aromatic carbocycles. The molecule has 110 valence electrons. The van der Waals surface area contributed by atoms with E-state index in [0.717, 1.165) is 5.56 Å². The Kier molecular flexibility index (Phi) is 5.10. The van der Waals surface area contributed by atoms with E-state index in [-0.39, 0.29) is 5.91 Å². The lowest BCUT2D eigenvalue weighted by Crippen LogP contribution is -2.26. The average Bonchev–Trinajstić information content (AvgIpc) is 2.48. The van der Waals surface area contributed by atoms with Gasteiger partial charge in [-0.15, -0.1) is 0 Å². The van der Waals surface area contributed by atoms with Crippen molar-refractivity contribution in [1.82, 2.24) is 4.90 Å². The summed E-state index contributed by atoms with van der Waals surface area (Å²) in [5, 5.41) is 1.17. The Morgan fingerprint density at radius 3 is 2.33 bits per heavy atom. The van der Waals surface area contributed by atoms with Gasteiger partial charge >= 0.3 is 0 Å². The quantitative estimate of drug-likeness (QED) is 0.840. The highest BCUT2D eigenvalue weighted by Crippen LogP contribution is 2.24. The summed E-state index contributed by atoms with van der Waals surface area (Å²) in [5.41, 5.74) is 1.44. The van der Waals surface area contributed by atoms with Gasteiger partial charge in [0.15, 0.2) is 0 Å². The third kappa shape index (κ3) is 3.90. The predicted octanol–water partition coefficient (Wildman–Crippen LogP) is 4.27. The highest BCUT2D eigenvalue weighted by atomic mass is 35.5. The van der Waals surface area contributed by atoms with Gasteiger partial charge in [0.05, 0.1) is 12.7 Å². The third-order valence-electron chi connectivity index (χ3n) is 3.07. The van der Waals surface area contributed by atoms with Gasteiger partial charge in [-0.2, -0.15) is 0 Å². The molecule has 0 fully saturated rings. The summed E-state index contributed by atoms with van der Waals surface area (Å²) >= 11 is 11.8. The maximum Gasteiger partial charge on any atom is 0.257 e. The van der Waals surface area contributed by atoms with Crippen molar-refractivity contribution in [3.8, 4) is 5.75 Å². The number of hydrogen-bond donors (Lipinski definition) is 0. The molecular weight excluding hydrogens is 309 g/mol. The molecule has 5 heteroatoms. The van der Waals surface area contributed by atoms with Crippen LogP contribution in [0.3, 0.4) is 0 Å². The Morgan fingerprint density at radius 1 is 1.10 bits per heavy atom. The minimum atomic E-state index is -0.149. The van der Waals surface area contributed by atoms with Crippen molar-refractivity contribution in [3.05, 3.63) is 63.6 Å². The van der Waals surface area contributed by atoms with E-state index in [4.69, 9.17) is 27.9 Å². The van der Waals surface area contributed by atoms with Crippen molar-refractivity contribution in [1.29, 1.82) is 0 Å². The van der Waals surface area contributed by atoms with E-state index in [1.807, 2.05) is 12.1 Å². The molecule has 0 aliphatic rings. The number of carbonyl (C=O) groups excluding carboxylic acids is 1. The van der Waals surface area contributed by atoms with E-state index in [1.165, 1.54) is 7.11 Å². The fourth-order valence-electron chi connectivity index (χ4n) is 1.99. The minimum absolute atomic E-state index is 0.149. The summed E-state index contributed by atoms with van der Waals surface area (Å²) in [7, 11) is 3.26.